The zero-order valence-corrected chi connectivity index (χ0v) is 6.83. The van der Waals surface area contributed by atoms with Crippen molar-refractivity contribution in [3.05, 3.63) is 5.82 Å². The van der Waals surface area contributed by atoms with Crippen molar-refractivity contribution in [2.75, 3.05) is 0 Å². The molecule has 9 heavy (non-hydrogen) atoms. The van der Waals surface area contributed by atoms with Gasteiger partial charge in [-0.3, -0.25) is 0 Å². The van der Waals surface area contributed by atoms with E-state index in [1.54, 1.807) is 0 Å². The third-order valence-electron chi connectivity index (χ3n) is 0.922. The number of aromatic nitrogens is 4. The van der Waals surface area contributed by atoms with E-state index in [4.69, 9.17) is 0 Å². The Morgan fingerprint density at radius 1 is 1.56 bits per heavy atom. The summed E-state index contributed by atoms with van der Waals surface area (Å²) in [6, 6.07) is 0. The van der Waals surface area contributed by atoms with Crippen LogP contribution in [0.2, 0.25) is 0 Å². The summed E-state index contributed by atoms with van der Waals surface area (Å²) in [6.45, 7) is 4.04. The molecule has 1 rings (SSSR count). The third kappa shape index (κ3) is 1.48. The van der Waals surface area contributed by atoms with Gasteiger partial charge in [0.25, 0.3) is 0 Å². The van der Waals surface area contributed by atoms with E-state index in [0.717, 1.165) is 5.82 Å². The quantitative estimate of drug-likeness (QED) is 0.663. The molecular formula is C4H7BrN4. The van der Waals surface area contributed by atoms with Crippen molar-refractivity contribution < 1.29 is 0 Å². The zero-order valence-electron chi connectivity index (χ0n) is 5.24. The molecule has 1 aromatic heterocycles. The minimum Gasteiger partial charge on any atom is -0.125 e. The smallest absolute Gasteiger partial charge is 0.125 e. The fourth-order valence-electron chi connectivity index (χ4n) is 0.438. The second-order valence-corrected chi connectivity index (χ2v) is 2.68. The highest BCUT2D eigenvalue weighted by Gasteiger charge is 2.03. The van der Waals surface area contributed by atoms with Crippen LogP contribution in [0.3, 0.4) is 0 Å². The molecular weight excluding hydrogens is 184 g/mol. The standard InChI is InChI=1S/C4H7BrN4/c1-3(2)4-6-8-9(5)7-4/h3H,1-2H3. The Morgan fingerprint density at radius 3 is 2.44 bits per heavy atom. The Labute approximate surface area is 61.6 Å². The topological polar surface area (TPSA) is 43.6 Å². The van der Waals surface area contributed by atoms with Gasteiger partial charge in [0, 0.05) is 5.92 Å². The summed E-state index contributed by atoms with van der Waals surface area (Å²) in [5.74, 6) is 1.10. The Hall–Kier alpha value is -0.450. The van der Waals surface area contributed by atoms with Crippen molar-refractivity contribution in [2.45, 2.75) is 19.8 Å². The first kappa shape index (κ1) is 6.67. The molecule has 1 aromatic rings. The predicted octanol–water partition coefficient (Wildman–Crippen LogP) is 0.955. The summed E-state index contributed by atoms with van der Waals surface area (Å²) < 4.78 is 1.28. The van der Waals surface area contributed by atoms with Crippen LogP contribution in [0.4, 0.5) is 0 Å². The van der Waals surface area contributed by atoms with Gasteiger partial charge in [-0.15, -0.1) is 10.2 Å². The number of hydrogen-bond donors (Lipinski definition) is 0. The molecule has 0 aromatic carbocycles. The van der Waals surface area contributed by atoms with Crippen LogP contribution in [0, 0.1) is 0 Å². The Morgan fingerprint density at radius 2 is 2.22 bits per heavy atom. The van der Waals surface area contributed by atoms with Gasteiger partial charge in [-0.1, -0.05) is 17.7 Å². The largest absolute Gasteiger partial charge is 0.178 e. The number of hydrogen-bond acceptors (Lipinski definition) is 3. The fraction of sp³-hybridized carbons (Fsp3) is 0.750. The monoisotopic (exact) mass is 190 g/mol. The van der Waals surface area contributed by atoms with Gasteiger partial charge in [0.2, 0.25) is 0 Å². The summed E-state index contributed by atoms with van der Waals surface area (Å²) in [6.07, 6.45) is 0. The molecule has 0 saturated carbocycles. The first-order valence-corrected chi connectivity index (χ1v) is 3.37. The van der Waals surface area contributed by atoms with Gasteiger partial charge in [-0.2, -0.15) is 0 Å². The van der Waals surface area contributed by atoms with Gasteiger partial charge < -0.3 is 0 Å². The normalized spacial score (nSPS) is 10.7. The highest BCUT2D eigenvalue weighted by molar-refractivity contribution is 9.08. The molecule has 0 atom stereocenters. The minimum absolute atomic E-state index is 0.344. The number of halogens is 1. The van der Waals surface area contributed by atoms with E-state index in [0.29, 0.717) is 5.92 Å². The number of nitrogens with zero attached hydrogens (tertiary/aromatic N) is 4. The van der Waals surface area contributed by atoms with E-state index in [2.05, 4.69) is 31.6 Å². The molecule has 0 radical (unpaired) electrons. The van der Waals surface area contributed by atoms with Crippen LogP contribution in [0.1, 0.15) is 25.6 Å². The lowest BCUT2D eigenvalue weighted by Crippen LogP contribution is -1.90. The molecule has 4 nitrogen and oxygen atoms in total. The Bertz CT molecular complexity index is 194. The van der Waals surface area contributed by atoms with Crippen LogP contribution >= 0.6 is 16.1 Å². The molecule has 0 saturated heterocycles. The first-order chi connectivity index (χ1) is 4.20. The first-order valence-electron chi connectivity index (χ1n) is 2.66. The van der Waals surface area contributed by atoms with Gasteiger partial charge in [-0.25, -0.2) is 0 Å². The second kappa shape index (κ2) is 2.43. The van der Waals surface area contributed by atoms with E-state index < -0.39 is 0 Å². The van der Waals surface area contributed by atoms with Gasteiger partial charge in [0.15, 0.2) is 5.82 Å². The van der Waals surface area contributed by atoms with E-state index in [-0.39, 0.29) is 0 Å². The van der Waals surface area contributed by atoms with Crippen LogP contribution in [-0.4, -0.2) is 19.2 Å². The highest BCUT2D eigenvalue weighted by atomic mass is 79.9. The third-order valence-corrected chi connectivity index (χ3v) is 1.22. The van der Waals surface area contributed by atoms with Gasteiger partial charge >= 0.3 is 0 Å². The van der Waals surface area contributed by atoms with Crippen LogP contribution in [0.25, 0.3) is 0 Å². The molecule has 0 bridgehead atoms. The summed E-state index contributed by atoms with van der Waals surface area (Å²) in [4.78, 5) is 0. The van der Waals surface area contributed by atoms with Gasteiger partial charge in [0.1, 0.15) is 16.1 Å². The molecule has 0 aliphatic carbocycles. The molecule has 0 spiro atoms. The fourth-order valence-corrected chi connectivity index (χ4v) is 0.672. The Balaban J connectivity index is 2.85. The summed E-state index contributed by atoms with van der Waals surface area (Å²) in [5.41, 5.74) is 0. The van der Waals surface area contributed by atoms with Crippen molar-refractivity contribution in [3.8, 4) is 0 Å². The minimum atomic E-state index is 0.344. The molecule has 0 fully saturated rings. The van der Waals surface area contributed by atoms with Gasteiger partial charge in [0.05, 0.1) is 0 Å². The molecule has 0 aliphatic heterocycles. The van der Waals surface area contributed by atoms with E-state index in [1.807, 2.05) is 13.8 Å². The molecule has 0 N–H and O–H groups in total. The summed E-state index contributed by atoms with van der Waals surface area (Å²) >= 11 is 3.03. The molecule has 50 valence electrons. The predicted molar refractivity (Wildman–Crippen MR) is 36.2 cm³/mol. The maximum atomic E-state index is 3.92. The van der Waals surface area contributed by atoms with Crippen LogP contribution < -0.4 is 0 Å². The lowest BCUT2D eigenvalue weighted by atomic mass is 10.2. The van der Waals surface area contributed by atoms with Crippen molar-refractivity contribution in [1.29, 1.82) is 0 Å². The molecule has 0 amide bonds. The van der Waals surface area contributed by atoms with E-state index >= 15 is 0 Å². The van der Waals surface area contributed by atoms with Gasteiger partial charge in [-0.05, 0) is 5.21 Å². The maximum Gasteiger partial charge on any atom is 0.178 e. The maximum absolute atomic E-state index is 3.92. The Kier molecular flexibility index (Phi) is 1.80. The molecule has 0 aliphatic rings. The van der Waals surface area contributed by atoms with Crippen molar-refractivity contribution in [2.24, 2.45) is 0 Å². The molecule has 0 unspecified atom stereocenters. The zero-order chi connectivity index (χ0) is 6.85. The molecule has 5 heteroatoms. The molecule has 1 heterocycles. The van der Waals surface area contributed by atoms with E-state index in [1.165, 1.54) is 3.82 Å². The average Bonchev–Trinajstić information content (AvgIpc) is 2.14. The number of rotatable bonds is 1. The van der Waals surface area contributed by atoms with Crippen molar-refractivity contribution in [1.82, 2.24) is 19.2 Å². The average molecular weight is 191 g/mol. The SMILES string of the molecule is CC(C)c1nnn(Br)n1. The number of tetrazole rings is 1. The summed E-state index contributed by atoms with van der Waals surface area (Å²) in [7, 11) is 0. The second-order valence-electron chi connectivity index (χ2n) is 2.04. The van der Waals surface area contributed by atoms with Crippen molar-refractivity contribution >= 4 is 16.1 Å². The highest BCUT2D eigenvalue weighted by Crippen LogP contribution is 2.05. The van der Waals surface area contributed by atoms with E-state index in [9.17, 15) is 0 Å². The van der Waals surface area contributed by atoms with Crippen LogP contribution in [0.5, 0.6) is 0 Å². The van der Waals surface area contributed by atoms with Crippen LogP contribution in [-0.2, 0) is 0 Å². The summed E-state index contributed by atoms with van der Waals surface area (Å²) in [5, 5.41) is 11.3. The van der Waals surface area contributed by atoms with Crippen molar-refractivity contribution in [3.63, 3.8) is 0 Å². The van der Waals surface area contributed by atoms with Crippen LogP contribution in [0.15, 0.2) is 0 Å². The lowest BCUT2D eigenvalue weighted by molar-refractivity contribution is 0.776. The lowest BCUT2D eigenvalue weighted by Gasteiger charge is -1.91.